The van der Waals surface area contributed by atoms with Crippen LogP contribution in [-0.2, 0) is 4.79 Å². The minimum absolute atomic E-state index is 0.156. The summed E-state index contributed by atoms with van der Waals surface area (Å²) in [4.78, 5) is 16.7. The normalized spacial score (nSPS) is 16.2. The van der Waals surface area contributed by atoms with Gasteiger partial charge in [-0.25, -0.2) is 9.37 Å². The summed E-state index contributed by atoms with van der Waals surface area (Å²) >= 11 is 0. The average molecular weight is 337 g/mol. The van der Waals surface area contributed by atoms with Crippen molar-refractivity contribution in [1.29, 1.82) is 0 Å². The number of carbonyl (C=O) groups is 1. The third-order valence-corrected chi connectivity index (χ3v) is 4.40. The molecule has 5 nitrogen and oxygen atoms in total. The van der Waals surface area contributed by atoms with Gasteiger partial charge in [-0.05, 0) is 35.9 Å². The molecule has 1 aliphatic heterocycles. The van der Waals surface area contributed by atoms with Crippen LogP contribution in [0.5, 0.6) is 5.75 Å². The lowest BCUT2D eigenvalue weighted by atomic mass is 9.89. The number of hydrogen-bond acceptors (Lipinski definition) is 3. The fourth-order valence-electron chi connectivity index (χ4n) is 3.16. The lowest BCUT2D eigenvalue weighted by Gasteiger charge is -2.23. The molecule has 25 heavy (non-hydrogen) atoms. The topological polar surface area (TPSA) is 56.1 Å². The summed E-state index contributed by atoms with van der Waals surface area (Å²) in [5.74, 6) is 0.438. The summed E-state index contributed by atoms with van der Waals surface area (Å²) in [7, 11) is 1.60. The van der Waals surface area contributed by atoms with Crippen LogP contribution in [0.1, 0.15) is 23.6 Å². The molecule has 1 aliphatic rings. The van der Waals surface area contributed by atoms with Crippen molar-refractivity contribution in [2.45, 2.75) is 12.3 Å². The van der Waals surface area contributed by atoms with E-state index in [4.69, 9.17) is 4.74 Å². The van der Waals surface area contributed by atoms with Crippen molar-refractivity contribution in [3.63, 3.8) is 0 Å². The van der Waals surface area contributed by atoms with Crippen LogP contribution in [0.3, 0.4) is 0 Å². The van der Waals surface area contributed by atoms with Crippen molar-refractivity contribution in [2.75, 3.05) is 12.4 Å². The lowest BCUT2D eigenvalue weighted by molar-refractivity contribution is -0.116. The van der Waals surface area contributed by atoms with Crippen molar-refractivity contribution < 1.29 is 13.9 Å². The Kier molecular flexibility index (Phi) is 3.72. The second-order valence-electron chi connectivity index (χ2n) is 5.87. The summed E-state index contributed by atoms with van der Waals surface area (Å²) in [6, 6.07) is 13.9. The Labute approximate surface area is 144 Å². The molecule has 0 spiro atoms. The van der Waals surface area contributed by atoms with Crippen molar-refractivity contribution in [2.24, 2.45) is 0 Å². The van der Waals surface area contributed by atoms with Crippen LogP contribution in [0.15, 0.2) is 54.9 Å². The van der Waals surface area contributed by atoms with Crippen LogP contribution in [0.4, 0.5) is 10.2 Å². The van der Waals surface area contributed by atoms with Gasteiger partial charge in [0, 0.05) is 18.0 Å². The fraction of sp³-hybridized carbons (Fsp3) is 0.158. The summed E-state index contributed by atoms with van der Waals surface area (Å²) in [6.07, 6.45) is 1.82. The first-order valence-corrected chi connectivity index (χ1v) is 7.93. The second-order valence-corrected chi connectivity index (χ2v) is 5.87. The van der Waals surface area contributed by atoms with Gasteiger partial charge in [0.25, 0.3) is 0 Å². The molecule has 0 saturated heterocycles. The van der Waals surface area contributed by atoms with Crippen LogP contribution >= 0.6 is 0 Å². The summed E-state index contributed by atoms with van der Waals surface area (Å²) in [5.41, 5.74) is 1.99. The first-order valence-electron chi connectivity index (χ1n) is 7.93. The SMILES string of the molecule is COc1ccc(-n2cnc3c2NC(=O)C[C@@H]3c2ccccc2F)cc1. The average Bonchev–Trinajstić information content (AvgIpc) is 3.05. The number of benzene rings is 2. The van der Waals surface area contributed by atoms with Crippen LogP contribution in [0.2, 0.25) is 0 Å². The minimum Gasteiger partial charge on any atom is -0.497 e. The maximum Gasteiger partial charge on any atom is 0.226 e. The number of halogens is 1. The van der Waals surface area contributed by atoms with Gasteiger partial charge < -0.3 is 10.1 Å². The summed E-state index contributed by atoms with van der Waals surface area (Å²) in [5, 5.41) is 2.86. The van der Waals surface area contributed by atoms with Gasteiger partial charge in [-0.1, -0.05) is 18.2 Å². The molecule has 0 aliphatic carbocycles. The molecule has 0 radical (unpaired) electrons. The molecule has 0 saturated carbocycles. The van der Waals surface area contributed by atoms with Gasteiger partial charge >= 0.3 is 0 Å². The molecule has 0 fully saturated rings. The number of nitrogens with one attached hydrogen (secondary N) is 1. The van der Waals surface area contributed by atoms with Gasteiger partial charge in [-0.15, -0.1) is 0 Å². The molecule has 2 aromatic carbocycles. The molecular weight excluding hydrogens is 321 g/mol. The monoisotopic (exact) mass is 337 g/mol. The van der Waals surface area contributed by atoms with Crippen LogP contribution in [-0.4, -0.2) is 22.6 Å². The van der Waals surface area contributed by atoms with Crippen molar-refractivity contribution >= 4 is 11.7 Å². The zero-order valence-corrected chi connectivity index (χ0v) is 13.6. The van der Waals surface area contributed by atoms with Gasteiger partial charge in [0.2, 0.25) is 5.91 Å². The van der Waals surface area contributed by atoms with E-state index in [1.807, 2.05) is 24.3 Å². The Morgan fingerprint density at radius 1 is 1.20 bits per heavy atom. The maximum absolute atomic E-state index is 14.2. The standard InChI is InChI=1S/C19H16FN3O2/c1-25-13-8-6-12(7-9-13)23-11-21-18-15(10-17(24)22-19(18)23)14-4-2-3-5-16(14)20/h2-9,11,15H,10H2,1H3,(H,22,24)/t15-/m1/s1. The summed E-state index contributed by atoms with van der Waals surface area (Å²) < 4.78 is 21.2. The number of rotatable bonds is 3. The lowest BCUT2D eigenvalue weighted by Crippen LogP contribution is -2.25. The van der Waals surface area contributed by atoms with E-state index in [1.54, 1.807) is 36.2 Å². The van der Waals surface area contributed by atoms with Crippen LogP contribution in [0, 0.1) is 5.82 Å². The minimum atomic E-state index is -0.399. The number of imidazole rings is 1. The number of aromatic nitrogens is 2. The Morgan fingerprint density at radius 2 is 1.96 bits per heavy atom. The summed E-state index contributed by atoms with van der Waals surface area (Å²) in [6.45, 7) is 0. The third kappa shape index (κ3) is 2.65. The number of fused-ring (bicyclic) bond motifs is 1. The molecule has 1 N–H and O–H groups in total. The molecule has 2 heterocycles. The van der Waals surface area contributed by atoms with Gasteiger partial charge in [-0.2, -0.15) is 0 Å². The number of amides is 1. The number of hydrogen-bond donors (Lipinski definition) is 1. The highest BCUT2D eigenvalue weighted by Gasteiger charge is 2.32. The predicted octanol–water partition coefficient (Wildman–Crippen LogP) is 3.49. The Bertz CT molecular complexity index is 934. The van der Waals surface area contributed by atoms with Gasteiger partial charge in [0.1, 0.15) is 23.7 Å². The highest BCUT2D eigenvalue weighted by atomic mass is 19.1. The zero-order chi connectivity index (χ0) is 17.4. The largest absolute Gasteiger partial charge is 0.497 e. The third-order valence-electron chi connectivity index (χ3n) is 4.40. The molecule has 126 valence electrons. The van der Waals surface area contributed by atoms with Crippen molar-refractivity contribution in [3.8, 4) is 11.4 Å². The number of methoxy groups -OCH3 is 1. The molecular formula is C19H16FN3O2. The van der Waals surface area contributed by atoms with Gasteiger partial charge in [0.05, 0.1) is 12.8 Å². The van der Waals surface area contributed by atoms with Crippen LogP contribution < -0.4 is 10.1 Å². The van der Waals surface area contributed by atoms with E-state index in [9.17, 15) is 9.18 Å². The second kappa shape index (κ2) is 6.05. The zero-order valence-electron chi connectivity index (χ0n) is 13.6. The molecule has 3 aromatic rings. The highest BCUT2D eigenvalue weighted by molar-refractivity contribution is 5.94. The first kappa shape index (κ1) is 15.4. The van der Waals surface area contributed by atoms with E-state index in [1.165, 1.54) is 6.07 Å². The maximum atomic E-state index is 14.2. The first-order chi connectivity index (χ1) is 12.2. The van der Waals surface area contributed by atoms with E-state index in [0.717, 1.165) is 11.4 Å². The molecule has 0 bridgehead atoms. The number of ether oxygens (including phenoxy) is 1. The predicted molar refractivity (Wildman–Crippen MR) is 91.6 cm³/mol. The Balaban J connectivity index is 1.80. The van der Waals surface area contributed by atoms with Crippen molar-refractivity contribution in [1.82, 2.24) is 9.55 Å². The van der Waals surface area contributed by atoms with E-state index < -0.39 is 5.92 Å². The molecule has 1 amide bonds. The van der Waals surface area contributed by atoms with Crippen molar-refractivity contribution in [3.05, 3.63) is 71.9 Å². The van der Waals surface area contributed by atoms with E-state index in [0.29, 0.717) is 17.1 Å². The Hall–Kier alpha value is -3.15. The Morgan fingerprint density at radius 3 is 2.68 bits per heavy atom. The van der Waals surface area contributed by atoms with E-state index in [-0.39, 0.29) is 18.1 Å². The number of anilines is 1. The van der Waals surface area contributed by atoms with Gasteiger partial charge in [-0.3, -0.25) is 9.36 Å². The molecule has 6 heteroatoms. The quantitative estimate of drug-likeness (QED) is 0.796. The molecule has 4 rings (SSSR count). The fourth-order valence-corrected chi connectivity index (χ4v) is 3.16. The van der Waals surface area contributed by atoms with Crippen LogP contribution in [0.25, 0.3) is 5.69 Å². The van der Waals surface area contributed by atoms with E-state index in [2.05, 4.69) is 10.3 Å². The molecule has 0 unspecified atom stereocenters. The molecule has 1 atom stereocenters. The molecule has 1 aromatic heterocycles. The van der Waals surface area contributed by atoms with E-state index >= 15 is 0 Å². The van der Waals surface area contributed by atoms with Gasteiger partial charge in [0.15, 0.2) is 0 Å². The number of carbonyl (C=O) groups excluding carboxylic acids is 1. The smallest absolute Gasteiger partial charge is 0.226 e. The highest BCUT2D eigenvalue weighted by Crippen LogP contribution is 2.38. The number of nitrogens with zero attached hydrogens (tertiary/aromatic N) is 2.